The highest BCUT2D eigenvalue weighted by atomic mass is 16.2. The van der Waals surface area contributed by atoms with E-state index in [9.17, 15) is 9.59 Å². The average molecular weight is 346 g/mol. The highest BCUT2D eigenvalue weighted by molar-refractivity contribution is 6.36. The van der Waals surface area contributed by atoms with Gasteiger partial charge < -0.3 is 5.32 Å². The zero-order valence-electron chi connectivity index (χ0n) is 15.1. The lowest BCUT2D eigenvalue weighted by Crippen LogP contribution is -2.32. The Morgan fingerprint density at radius 2 is 1.65 bits per heavy atom. The molecular weight excluding hydrogens is 324 g/mol. The van der Waals surface area contributed by atoms with Gasteiger partial charge in [-0.2, -0.15) is 0 Å². The summed E-state index contributed by atoms with van der Waals surface area (Å²) in [4.78, 5) is 26.9. The molecule has 0 aliphatic carbocycles. The Morgan fingerprint density at radius 3 is 2.23 bits per heavy atom. The Kier molecular flexibility index (Phi) is 5.03. The largest absolute Gasteiger partial charge is 0.350 e. The summed E-state index contributed by atoms with van der Waals surface area (Å²) in [6, 6.07) is 15.5. The molecule has 0 bridgehead atoms. The third-order valence-electron chi connectivity index (χ3n) is 4.45. The van der Waals surface area contributed by atoms with Crippen molar-refractivity contribution in [3.8, 4) is 0 Å². The summed E-state index contributed by atoms with van der Waals surface area (Å²) in [6.07, 6.45) is 2.50. The van der Waals surface area contributed by atoms with E-state index in [2.05, 4.69) is 18.8 Å². The Bertz CT molecular complexity index is 877. The van der Waals surface area contributed by atoms with Crippen LogP contribution in [0.15, 0.2) is 66.9 Å². The van der Waals surface area contributed by atoms with Crippen molar-refractivity contribution in [1.82, 2.24) is 4.90 Å². The summed E-state index contributed by atoms with van der Waals surface area (Å²) >= 11 is 0. The number of benzene rings is 2. The molecule has 0 saturated carbocycles. The van der Waals surface area contributed by atoms with Crippen LogP contribution in [0.2, 0.25) is 0 Å². The molecule has 0 unspecified atom stereocenters. The van der Waals surface area contributed by atoms with Gasteiger partial charge >= 0.3 is 0 Å². The first-order valence-corrected chi connectivity index (χ1v) is 8.69. The molecule has 0 atom stereocenters. The van der Waals surface area contributed by atoms with E-state index in [0.717, 1.165) is 23.2 Å². The van der Waals surface area contributed by atoms with Gasteiger partial charge in [0.25, 0.3) is 11.8 Å². The van der Waals surface area contributed by atoms with E-state index in [-0.39, 0.29) is 18.4 Å². The van der Waals surface area contributed by atoms with Crippen molar-refractivity contribution in [2.24, 2.45) is 0 Å². The lowest BCUT2D eigenvalue weighted by Gasteiger charge is -2.12. The summed E-state index contributed by atoms with van der Waals surface area (Å²) in [5, 5.41) is 3.16. The fourth-order valence-electron chi connectivity index (χ4n) is 2.94. The zero-order chi connectivity index (χ0) is 18.7. The number of anilines is 1. The normalized spacial score (nSPS) is 14.2. The van der Waals surface area contributed by atoms with Crippen molar-refractivity contribution in [2.75, 3.05) is 11.9 Å². The second-order valence-corrected chi connectivity index (χ2v) is 6.30. The van der Waals surface area contributed by atoms with Gasteiger partial charge in [-0.05, 0) is 36.6 Å². The van der Waals surface area contributed by atoms with E-state index < -0.39 is 0 Å². The number of nitrogens with zero attached hydrogens (tertiary/aromatic N) is 1. The van der Waals surface area contributed by atoms with Crippen LogP contribution in [0.5, 0.6) is 0 Å². The summed E-state index contributed by atoms with van der Waals surface area (Å²) in [6.45, 7) is 7.91. The highest BCUT2D eigenvalue weighted by Gasteiger charge is 2.38. The number of nitrogens with one attached hydrogen (secondary N) is 1. The van der Waals surface area contributed by atoms with Crippen molar-refractivity contribution in [3.63, 3.8) is 0 Å². The highest BCUT2D eigenvalue weighted by Crippen LogP contribution is 2.30. The van der Waals surface area contributed by atoms with Crippen LogP contribution in [0.3, 0.4) is 0 Å². The molecule has 26 heavy (non-hydrogen) atoms. The van der Waals surface area contributed by atoms with Gasteiger partial charge in [-0.3, -0.25) is 14.5 Å². The lowest BCUT2D eigenvalue weighted by atomic mass is 10.0. The van der Waals surface area contributed by atoms with Crippen LogP contribution in [0, 0.1) is 6.92 Å². The molecular formula is C22H22N2O2. The molecule has 4 heteroatoms. The molecule has 132 valence electrons. The van der Waals surface area contributed by atoms with Crippen molar-refractivity contribution in [2.45, 2.75) is 20.3 Å². The van der Waals surface area contributed by atoms with E-state index in [0.29, 0.717) is 11.3 Å². The monoisotopic (exact) mass is 346 g/mol. The summed E-state index contributed by atoms with van der Waals surface area (Å²) in [5.41, 5.74) is 4.53. The Labute approximate surface area is 153 Å². The summed E-state index contributed by atoms with van der Waals surface area (Å²) in [5.74, 6) is -0.628. The molecule has 2 amide bonds. The predicted molar refractivity (Wildman–Crippen MR) is 104 cm³/mol. The van der Waals surface area contributed by atoms with Crippen LogP contribution in [-0.2, 0) is 16.0 Å². The maximum Gasteiger partial charge on any atom is 0.278 e. The molecule has 2 aromatic rings. The average Bonchev–Trinajstić information content (AvgIpc) is 2.88. The van der Waals surface area contributed by atoms with Crippen LogP contribution >= 0.6 is 0 Å². The van der Waals surface area contributed by atoms with Crippen LogP contribution in [-0.4, -0.2) is 23.3 Å². The minimum absolute atomic E-state index is 0.187. The van der Waals surface area contributed by atoms with Crippen molar-refractivity contribution in [3.05, 3.63) is 83.6 Å². The first-order chi connectivity index (χ1) is 12.5. The maximum absolute atomic E-state index is 12.9. The topological polar surface area (TPSA) is 49.4 Å². The van der Waals surface area contributed by atoms with Crippen LogP contribution in [0.4, 0.5) is 5.69 Å². The Hall–Kier alpha value is -3.14. The molecule has 0 spiro atoms. The molecule has 1 N–H and O–H groups in total. The molecule has 4 nitrogen and oxygen atoms in total. The second kappa shape index (κ2) is 7.40. The fraction of sp³-hybridized carbons (Fsp3) is 0.182. The van der Waals surface area contributed by atoms with Crippen LogP contribution in [0.1, 0.15) is 23.6 Å². The molecule has 0 fully saturated rings. The van der Waals surface area contributed by atoms with Gasteiger partial charge in [-0.15, -0.1) is 6.58 Å². The molecule has 1 aliphatic rings. The second-order valence-electron chi connectivity index (χ2n) is 6.30. The number of carbonyl (C=O) groups excluding carboxylic acids is 2. The van der Waals surface area contributed by atoms with E-state index in [1.54, 1.807) is 6.08 Å². The number of imide groups is 1. The van der Waals surface area contributed by atoms with Crippen molar-refractivity contribution >= 4 is 23.1 Å². The molecule has 2 aromatic carbocycles. The van der Waals surface area contributed by atoms with Gasteiger partial charge in [0.2, 0.25) is 0 Å². The third-order valence-corrected chi connectivity index (χ3v) is 4.45. The van der Waals surface area contributed by atoms with E-state index in [4.69, 9.17) is 0 Å². The van der Waals surface area contributed by atoms with Gasteiger partial charge in [-0.25, -0.2) is 0 Å². The van der Waals surface area contributed by atoms with Crippen molar-refractivity contribution < 1.29 is 9.59 Å². The van der Waals surface area contributed by atoms with E-state index in [1.807, 2.05) is 55.5 Å². The Balaban J connectivity index is 2.03. The molecule has 0 radical (unpaired) electrons. The van der Waals surface area contributed by atoms with Crippen LogP contribution in [0.25, 0.3) is 5.57 Å². The standard InChI is InChI=1S/C22H22N2O2/c1-4-14-24-21(25)19(17-10-6-15(3)7-11-17)20(22(24)26)23-18-12-8-16(5-2)9-13-18/h4,6-13,23H,1,5,14H2,2-3H3. The Morgan fingerprint density at radius 1 is 1.00 bits per heavy atom. The SMILES string of the molecule is C=CCN1C(=O)C(Nc2ccc(CC)cc2)=C(c2ccc(C)cc2)C1=O. The number of rotatable bonds is 6. The third kappa shape index (κ3) is 3.31. The minimum atomic E-state index is -0.329. The molecule has 0 saturated heterocycles. The summed E-state index contributed by atoms with van der Waals surface area (Å²) < 4.78 is 0. The number of aryl methyl sites for hydroxylation is 2. The molecule has 1 heterocycles. The number of hydrogen-bond donors (Lipinski definition) is 1. The van der Waals surface area contributed by atoms with Gasteiger partial charge in [0, 0.05) is 12.2 Å². The van der Waals surface area contributed by atoms with Crippen molar-refractivity contribution in [1.29, 1.82) is 0 Å². The first-order valence-electron chi connectivity index (χ1n) is 8.69. The molecule has 3 rings (SSSR count). The fourth-order valence-corrected chi connectivity index (χ4v) is 2.94. The predicted octanol–water partition coefficient (Wildman–Crippen LogP) is 3.94. The lowest BCUT2D eigenvalue weighted by molar-refractivity contribution is -0.136. The number of amides is 2. The van der Waals surface area contributed by atoms with Gasteiger partial charge in [-0.1, -0.05) is 55.0 Å². The van der Waals surface area contributed by atoms with E-state index >= 15 is 0 Å². The number of hydrogen-bond acceptors (Lipinski definition) is 3. The molecule has 0 aromatic heterocycles. The molecule has 1 aliphatic heterocycles. The van der Waals surface area contributed by atoms with Gasteiger partial charge in [0.1, 0.15) is 5.70 Å². The summed E-state index contributed by atoms with van der Waals surface area (Å²) in [7, 11) is 0. The number of carbonyl (C=O) groups is 2. The van der Waals surface area contributed by atoms with Gasteiger partial charge in [0.05, 0.1) is 5.57 Å². The maximum atomic E-state index is 12.9. The minimum Gasteiger partial charge on any atom is -0.350 e. The van der Waals surface area contributed by atoms with E-state index in [1.165, 1.54) is 10.5 Å². The van der Waals surface area contributed by atoms with Crippen LogP contribution < -0.4 is 5.32 Å². The zero-order valence-corrected chi connectivity index (χ0v) is 15.1. The first kappa shape index (κ1) is 17.7. The van der Waals surface area contributed by atoms with Gasteiger partial charge in [0.15, 0.2) is 0 Å². The smallest absolute Gasteiger partial charge is 0.278 e. The quantitative estimate of drug-likeness (QED) is 0.637.